The van der Waals surface area contributed by atoms with Gasteiger partial charge in [-0.3, -0.25) is 4.99 Å². The van der Waals surface area contributed by atoms with Crippen LogP contribution in [-0.2, 0) is 11.2 Å². The Morgan fingerprint density at radius 3 is 2.88 bits per heavy atom. The largest absolute Gasteiger partial charge is 0.388 e. The number of hydrogen-bond donors (Lipinski definition) is 4. The van der Waals surface area contributed by atoms with Gasteiger partial charge in [0.2, 0.25) is 0 Å². The summed E-state index contributed by atoms with van der Waals surface area (Å²) in [4.78, 5) is 7.94. The second kappa shape index (κ2) is 8.56. The molecule has 26 heavy (non-hydrogen) atoms. The Bertz CT molecular complexity index is 747. The van der Waals surface area contributed by atoms with Crippen molar-refractivity contribution in [3.8, 4) is 0 Å². The number of aromatic nitrogens is 1. The van der Waals surface area contributed by atoms with Gasteiger partial charge in [0.15, 0.2) is 5.96 Å². The average Bonchev–Trinajstić information content (AvgIpc) is 3.05. The number of nitrogens with zero attached hydrogens (tertiary/aromatic N) is 1. The summed E-state index contributed by atoms with van der Waals surface area (Å²) in [6, 6.07) is 6.33. The number of nitrogens with one attached hydrogen (secondary N) is 3. The van der Waals surface area contributed by atoms with Gasteiger partial charge in [-0.05, 0) is 37.5 Å². The first kappa shape index (κ1) is 18.7. The number of aryl methyl sites for hydroxylation is 1. The summed E-state index contributed by atoms with van der Waals surface area (Å²) in [6.07, 6.45) is 4.29. The van der Waals surface area contributed by atoms with Crippen LogP contribution in [0.15, 0.2) is 29.4 Å². The predicted octanol–water partition coefficient (Wildman–Crippen LogP) is 2.12. The summed E-state index contributed by atoms with van der Waals surface area (Å²) in [6.45, 7) is 7.38. The van der Waals surface area contributed by atoms with Crippen molar-refractivity contribution in [2.75, 3.05) is 32.8 Å². The van der Waals surface area contributed by atoms with E-state index in [1.807, 2.05) is 6.92 Å². The van der Waals surface area contributed by atoms with Gasteiger partial charge in [0.25, 0.3) is 0 Å². The van der Waals surface area contributed by atoms with Crippen molar-refractivity contribution in [2.45, 2.75) is 38.7 Å². The quantitative estimate of drug-likeness (QED) is 0.471. The molecule has 1 aromatic heterocycles. The first-order valence-electron chi connectivity index (χ1n) is 9.49. The summed E-state index contributed by atoms with van der Waals surface area (Å²) >= 11 is 0. The van der Waals surface area contributed by atoms with E-state index in [0.717, 1.165) is 25.5 Å². The molecule has 0 radical (unpaired) electrons. The Hall–Kier alpha value is -2.05. The zero-order chi connectivity index (χ0) is 18.4. The summed E-state index contributed by atoms with van der Waals surface area (Å²) in [5, 5.41) is 18.5. The smallest absolute Gasteiger partial charge is 0.191 e. The van der Waals surface area contributed by atoms with Gasteiger partial charge in [0, 0.05) is 56.2 Å². The second-order valence-electron chi connectivity index (χ2n) is 7.02. The van der Waals surface area contributed by atoms with Gasteiger partial charge < -0.3 is 25.5 Å². The third-order valence-corrected chi connectivity index (χ3v) is 4.98. The van der Waals surface area contributed by atoms with E-state index in [1.54, 1.807) is 0 Å². The Morgan fingerprint density at radius 1 is 1.31 bits per heavy atom. The van der Waals surface area contributed by atoms with E-state index in [9.17, 15) is 5.11 Å². The fraction of sp³-hybridized carbons (Fsp3) is 0.550. The number of rotatable bonds is 6. The Morgan fingerprint density at radius 2 is 2.12 bits per heavy atom. The molecule has 0 bridgehead atoms. The molecule has 6 nitrogen and oxygen atoms in total. The lowest BCUT2D eigenvalue weighted by Gasteiger charge is -2.30. The zero-order valence-corrected chi connectivity index (χ0v) is 15.8. The van der Waals surface area contributed by atoms with Crippen LogP contribution in [-0.4, -0.2) is 54.5 Å². The van der Waals surface area contributed by atoms with Crippen LogP contribution in [0.2, 0.25) is 0 Å². The number of hydrogen-bond acceptors (Lipinski definition) is 3. The molecular weight excluding hydrogens is 328 g/mol. The van der Waals surface area contributed by atoms with Crippen LogP contribution in [0.4, 0.5) is 0 Å². The monoisotopic (exact) mass is 358 g/mol. The maximum atomic E-state index is 10.6. The minimum absolute atomic E-state index is 0.401. The number of guanidine groups is 1. The van der Waals surface area contributed by atoms with Crippen molar-refractivity contribution in [1.29, 1.82) is 0 Å². The molecule has 0 atom stereocenters. The molecule has 0 unspecified atom stereocenters. The van der Waals surface area contributed by atoms with E-state index in [4.69, 9.17) is 4.74 Å². The zero-order valence-electron chi connectivity index (χ0n) is 15.8. The lowest BCUT2D eigenvalue weighted by atomic mass is 9.95. The first-order valence-corrected chi connectivity index (χ1v) is 9.49. The van der Waals surface area contributed by atoms with Crippen molar-refractivity contribution in [1.82, 2.24) is 15.6 Å². The topological polar surface area (TPSA) is 81.7 Å². The van der Waals surface area contributed by atoms with Crippen LogP contribution in [0.5, 0.6) is 0 Å². The van der Waals surface area contributed by atoms with Gasteiger partial charge in [0.05, 0.1) is 12.1 Å². The van der Waals surface area contributed by atoms with E-state index < -0.39 is 5.60 Å². The molecule has 2 heterocycles. The number of H-pyrrole nitrogens is 1. The van der Waals surface area contributed by atoms with E-state index >= 15 is 0 Å². The van der Waals surface area contributed by atoms with Gasteiger partial charge in [-0.1, -0.05) is 12.1 Å². The molecule has 1 fully saturated rings. The lowest BCUT2D eigenvalue weighted by molar-refractivity contribution is -0.0565. The summed E-state index contributed by atoms with van der Waals surface area (Å²) < 4.78 is 5.33. The van der Waals surface area contributed by atoms with Gasteiger partial charge in [-0.15, -0.1) is 0 Å². The summed E-state index contributed by atoms with van der Waals surface area (Å²) in [5.41, 5.74) is 3.04. The number of benzene rings is 1. The molecule has 3 rings (SSSR count). The maximum absolute atomic E-state index is 10.6. The van der Waals surface area contributed by atoms with E-state index in [-0.39, 0.29) is 0 Å². The summed E-state index contributed by atoms with van der Waals surface area (Å²) in [5.74, 6) is 0.754. The molecule has 0 aliphatic carbocycles. The highest BCUT2D eigenvalue weighted by Gasteiger charge is 2.29. The van der Waals surface area contributed by atoms with Gasteiger partial charge >= 0.3 is 0 Å². The van der Waals surface area contributed by atoms with Gasteiger partial charge in [-0.25, -0.2) is 0 Å². The van der Waals surface area contributed by atoms with Crippen molar-refractivity contribution >= 4 is 16.9 Å². The van der Waals surface area contributed by atoms with Crippen LogP contribution >= 0.6 is 0 Å². The van der Waals surface area contributed by atoms with Crippen molar-refractivity contribution in [3.05, 3.63) is 35.5 Å². The molecular formula is C20H30N4O2. The van der Waals surface area contributed by atoms with Gasteiger partial charge in [0.1, 0.15) is 0 Å². The first-order chi connectivity index (χ1) is 12.6. The number of ether oxygens (including phenoxy) is 1. The number of aromatic amines is 1. The van der Waals surface area contributed by atoms with Crippen LogP contribution in [0, 0.1) is 6.92 Å². The van der Waals surface area contributed by atoms with Crippen LogP contribution in [0.25, 0.3) is 10.9 Å². The van der Waals surface area contributed by atoms with Gasteiger partial charge in [-0.2, -0.15) is 0 Å². The highest BCUT2D eigenvalue weighted by Crippen LogP contribution is 2.22. The molecule has 0 saturated carbocycles. The van der Waals surface area contributed by atoms with E-state index in [0.29, 0.717) is 32.6 Å². The average molecular weight is 358 g/mol. The molecule has 142 valence electrons. The fourth-order valence-corrected chi connectivity index (χ4v) is 3.44. The molecule has 1 aliphatic rings. The van der Waals surface area contributed by atoms with Crippen LogP contribution in [0.1, 0.15) is 30.9 Å². The molecule has 6 heteroatoms. The molecule has 1 aliphatic heterocycles. The Labute approximate surface area is 155 Å². The molecule has 2 aromatic rings. The van der Waals surface area contributed by atoms with Crippen molar-refractivity contribution in [2.24, 2.45) is 4.99 Å². The van der Waals surface area contributed by atoms with Crippen molar-refractivity contribution < 1.29 is 9.84 Å². The maximum Gasteiger partial charge on any atom is 0.191 e. The normalized spacial score (nSPS) is 17.4. The number of aliphatic hydroxyl groups is 1. The minimum atomic E-state index is -0.742. The number of aliphatic imine (C=N–C) groups is 1. The Kier molecular flexibility index (Phi) is 6.16. The fourth-order valence-electron chi connectivity index (χ4n) is 3.44. The Balaban J connectivity index is 1.59. The molecule has 1 aromatic carbocycles. The third-order valence-electron chi connectivity index (χ3n) is 4.98. The minimum Gasteiger partial charge on any atom is -0.388 e. The van der Waals surface area contributed by atoms with Crippen molar-refractivity contribution in [3.63, 3.8) is 0 Å². The molecule has 0 amide bonds. The molecule has 1 saturated heterocycles. The summed E-state index contributed by atoms with van der Waals surface area (Å²) in [7, 11) is 0. The highest BCUT2D eigenvalue weighted by molar-refractivity contribution is 5.86. The number of fused-ring (bicyclic) bond motifs is 1. The molecule has 4 N–H and O–H groups in total. The van der Waals surface area contributed by atoms with E-state index in [1.165, 1.54) is 22.0 Å². The lowest BCUT2D eigenvalue weighted by Crippen LogP contribution is -2.43. The third kappa shape index (κ3) is 4.56. The standard InChI is InChI=1S/C20H30N4O2/c1-3-21-19(24-14-20(25)8-11-26-12-9-20)22-10-7-16-13-23-17-6-4-5-15(2)18(16)17/h4-6,13,23,25H,3,7-12,14H2,1-2H3,(H2,21,22,24). The SMILES string of the molecule is CCNC(=NCC1(O)CCOCC1)NCCc1c[nH]c2cccc(C)c12. The van der Waals surface area contributed by atoms with E-state index in [2.05, 4.69) is 51.9 Å². The molecule has 0 spiro atoms. The van der Waals surface area contributed by atoms with Crippen LogP contribution < -0.4 is 10.6 Å². The highest BCUT2D eigenvalue weighted by atomic mass is 16.5. The predicted molar refractivity (Wildman–Crippen MR) is 106 cm³/mol. The van der Waals surface area contributed by atoms with Crippen LogP contribution in [0.3, 0.4) is 0 Å². The second-order valence-corrected chi connectivity index (χ2v) is 7.02.